The summed E-state index contributed by atoms with van der Waals surface area (Å²) in [6, 6.07) is -2.18. The molecule has 3 atom stereocenters. The zero-order valence-corrected chi connectivity index (χ0v) is 14.6. The Bertz CT molecular complexity index is 381. The van der Waals surface area contributed by atoms with Gasteiger partial charge in [-0.1, -0.05) is 26.2 Å². The van der Waals surface area contributed by atoms with E-state index in [1.54, 1.807) is 20.8 Å². The van der Waals surface area contributed by atoms with E-state index in [9.17, 15) is 22.2 Å². The first-order valence-electron chi connectivity index (χ1n) is 7.27. The molecule has 132 valence electrons. The molecular weight excluding hydrogens is 319 g/mol. The zero-order chi connectivity index (χ0) is 17.6. The summed E-state index contributed by atoms with van der Waals surface area (Å²) in [5.41, 5.74) is 0. The molecule has 0 radical (unpaired) electrons. The van der Waals surface area contributed by atoms with Gasteiger partial charge in [0, 0.05) is 0 Å². The van der Waals surface area contributed by atoms with Crippen molar-refractivity contribution in [3.8, 4) is 0 Å². The van der Waals surface area contributed by atoms with Crippen LogP contribution in [0, 0.1) is 5.92 Å². The second kappa shape index (κ2) is 8.86. The summed E-state index contributed by atoms with van der Waals surface area (Å²) < 4.78 is 57.7. The molecule has 0 unspecified atom stereocenters. The van der Waals surface area contributed by atoms with E-state index < -0.39 is 39.8 Å². The van der Waals surface area contributed by atoms with E-state index >= 15 is 0 Å². The number of hydrogen-bond donors (Lipinski definition) is 1. The van der Waals surface area contributed by atoms with Crippen LogP contribution in [0.3, 0.4) is 0 Å². The molecular formula is C14H26F3NO3S. The summed E-state index contributed by atoms with van der Waals surface area (Å²) in [5.74, 6) is -2.33. The molecule has 0 fully saturated rings. The molecule has 0 aliphatic heterocycles. The van der Waals surface area contributed by atoms with Crippen molar-refractivity contribution in [2.24, 2.45) is 5.92 Å². The number of methoxy groups -OCH3 is 1. The minimum absolute atomic E-state index is 0.0407. The lowest BCUT2D eigenvalue weighted by molar-refractivity contribution is -0.178. The van der Waals surface area contributed by atoms with Crippen molar-refractivity contribution >= 4 is 17.0 Å². The average Bonchev–Trinajstić information content (AvgIpc) is 2.38. The van der Waals surface area contributed by atoms with Gasteiger partial charge in [0.1, 0.15) is 6.04 Å². The van der Waals surface area contributed by atoms with Gasteiger partial charge in [0.05, 0.1) is 28.8 Å². The Morgan fingerprint density at radius 3 is 2.14 bits per heavy atom. The zero-order valence-electron chi connectivity index (χ0n) is 13.8. The number of carbonyl (C=O) groups excluding carboxylic acids is 1. The van der Waals surface area contributed by atoms with E-state index in [1.807, 2.05) is 6.92 Å². The molecule has 0 heterocycles. The van der Waals surface area contributed by atoms with Crippen LogP contribution in [0.15, 0.2) is 0 Å². The maximum absolute atomic E-state index is 13.3. The fourth-order valence-corrected chi connectivity index (χ4v) is 2.74. The average molecular weight is 345 g/mol. The van der Waals surface area contributed by atoms with Gasteiger partial charge in [-0.05, 0) is 27.2 Å². The normalized spacial score (nSPS) is 16.9. The van der Waals surface area contributed by atoms with Gasteiger partial charge in [0.25, 0.3) is 0 Å². The quantitative estimate of drug-likeness (QED) is 0.542. The van der Waals surface area contributed by atoms with Crippen LogP contribution in [0.5, 0.6) is 0 Å². The fraction of sp³-hybridized carbons (Fsp3) is 0.929. The minimum atomic E-state index is -4.69. The molecule has 0 aromatic heterocycles. The molecule has 0 aromatic carbocycles. The first-order valence-corrected chi connectivity index (χ1v) is 8.42. The summed E-state index contributed by atoms with van der Waals surface area (Å²) in [6.45, 7) is 6.61. The van der Waals surface area contributed by atoms with Crippen LogP contribution in [-0.2, 0) is 20.5 Å². The number of carbonyl (C=O) groups is 1. The van der Waals surface area contributed by atoms with Crippen molar-refractivity contribution in [3.63, 3.8) is 0 Å². The van der Waals surface area contributed by atoms with Crippen molar-refractivity contribution < 1.29 is 26.9 Å². The summed E-state index contributed by atoms with van der Waals surface area (Å²) >= 11 is 0. The van der Waals surface area contributed by atoms with Gasteiger partial charge in [-0.3, -0.25) is 4.79 Å². The Morgan fingerprint density at radius 2 is 1.77 bits per heavy atom. The van der Waals surface area contributed by atoms with E-state index in [4.69, 9.17) is 0 Å². The largest absolute Gasteiger partial charge is 0.469 e. The third kappa shape index (κ3) is 7.09. The van der Waals surface area contributed by atoms with Gasteiger partial charge in [0.2, 0.25) is 0 Å². The fourth-order valence-electron chi connectivity index (χ4n) is 1.86. The number of alkyl halides is 3. The predicted octanol–water partition coefficient (Wildman–Crippen LogP) is 3.34. The molecule has 0 saturated heterocycles. The smallest absolute Gasteiger partial charge is 0.405 e. The molecule has 0 aliphatic carbocycles. The van der Waals surface area contributed by atoms with E-state index in [1.165, 1.54) is 0 Å². The molecule has 8 heteroatoms. The lowest BCUT2D eigenvalue weighted by atomic mass is 9.93. The number of esters is 1. The summed E-state index contributed by atoms with van der Waals surface area (Å²) in [5, 5.41) is 0. The van der Waals surface area contributed by atoms with Gasteiger partial charge in [-0.15, -0.1) is 0 Å². The number of nitrogens with one attached hydrogen (secondary N) is 1. The Kier molecular flexibility index (Phi) is 8.61. The number of ether oxygens (including phenoxy) is 1. The number of unbranched alkanes of at least 4 members (excludes halogenated alkanes) is 2. The highest BCUT2D eigenvalue weighted by Crippen LogP contribution is 2.31. The molecule has 0 amide bonds. The molecule has 0 rings (SSSR count). The van der Waals surface area contributed by atoms with Crippen molar-refractivity contribution in [3.05, 3.63) is 0 Å². The van der Waals surface area contributed by atoms with Gasteiger partial charge >= 0.3 is 12.1 Å². The van der Waals surface area contributed by atoms with Gasteiger partial charge in [0.15, 0.2) is 0 Å². The van der Waals surface area contributed by atoms with Crippen LogP contribution in [0.1, 0.15) is 53.4 Å². The Hall–Kier alpha value is -0.630. The third-order valence-corrected chi connectivity index (χ3v) is 4.75. The third-order valence-electron chi connectivity index (χ3n) is 3.17. The summed E-state index contributed by atoms with van der Waals surface area (Å²) in [6.07, 6.45) is -2.62. The second-order valence-corrected chi connectivity index (χ2v) is 8.14. The standard InChI is InChI=1S/C14H26F3NO3S/c1-6-7-8-9-10(12(19)21-5)11(14(15,16)17)18-22(20)13(2,3)4/h10-11,18H,6-9H2,1-5H3/t10-,11-,22-/m1/s1. The lowest BCUT2D eigenvalue weighted by Gasteiger charge is -2.30. The highest BCUT2D eigenvalue weighted by molar-refractivity contribution is 7.84. The van der Waals surface area contributed by atoms with Crippen LogP contribution >= 0.6 is 0 Å². The van der Waals surface area contributed by atoms with Crippen molar-refractivity contribution in [2.75, 3.05) is 7.11 Å². The highest BCUT2D eigenvalue weighted by atomic mass is 32.2. The minimum Gasteiger partial charge on any atom is -0.469 e. The second-order valence-electron chi connectivity index (χ2n) is 6.14. The maximum atomic E-state index is 13.3. The Balaban J connectivity index is 5.31. The van der Waals surface area contributed by atoms with E-state index in [0.717, 1.165) is 20.0 Å². The Labute approximate surface area is 132 Å². The van der Waals surface area contributed by atoms with Crippen LogP contribution in [0.4, 0.5) is 13.2 Å². The number of hydrogen-bond acceptors (Lipinski definition) is 3. The van der Waals surface area contributed by atoms with Crippen molar-refractivity contribution in [1.29, 1.82) is 0 Å². The summed E-state index contributed by atoms with van der Waals surface area (Å²) in [4.78, 5) is 11.8. The van der Waals surface area contributed by atoms with Gasteiger partial charge < -0.3 is 4.74 Å². The predicted molar refractivity (Wildman–Crippen MR) is 80.5 cm³/mol. The molecule has 0 saturated carbocycles. The molecule has 22 heavy (non-hydrogen) atoms. The first-order chi connectivity index (χ1) is 9.95. The van der Waals surface area contributed by atoms with Gasteiger partial charge in [-0.25, -0.2) is 8.93 Å². The molecule has 0 bridgehead atoms. The molecule has 0 spiro atoms. The maximum Gasteiger partial charge on any atom is 0.405 e. The SMILES string of the molecule is CCCCC[C@@H](C(=O)OC)[C@@H](N[S@](=O)C(C)(C)C)C(F)(F)F. The number of halogens is 3. The molecule has 0 aromatic rings. The van der Waals surface area contributed by atoms with Crippen LogP contribution in [0.25, 0.3) is 0 Å². The molecule has 4 nitrogen and oxygen atoms in total. The van der Waals surface area contributed by atoms with E-state index in [0.29, 0.717) is 6.42 Å². The van der Waals surface area contributed by atoms with Crippen LogP contribution in [-0.4, -0.2) is 34.3 Å². The molecule has 0 aliphatic rings. The van der Waals surface area contributed by atoms with E-state index in [-0.39, 0.29) is 6.42 Å². The van der Waals surface area contributed by atoms with Crippen LogP contribution in [0.2, 0.25) is 0 Å². The first kappa shape index (κ1) is 21.4. The van der Waals surface area contributed by atoms with Crippen molar-refractivity contribution in [2.45, 2.75) is 70.3 Å². The van der Waals surface area contributed by atoms with Gasteiger partial charge in [-0.2, -0.15) is 13.2 Å². The van der Waals surface area contributed by atoms with Crippen molar-refractivity contribution in [1.82, 2.24) is 4.72 Å². The monoisotopic (exact) mass is 345 g/mol. The molecule has 1 N–H and O–H groups in total. The Morgan fingerprint density at radius 1 is 1.23 bits per heavy atom. The number of rotatable bonds is 8. The van der Waals surface area contributed by atoms with E-state index in [2.05, 4.69) is 9.46 Å². The topological polar surface area (TPSA) is 55.4 Å². The highest BCUT2D eigenvalue weighted by Gasteiger charge is 2.49. The van der Waals surface area contributed by atoms with Crippen LogP contribution < -0.4 is 4.72 Å². The lowest BCUT2D eigenvalue weighted by Crippen LogP contribution is -2.53. The summed E-state index contributed by atoms with van der Waals surface area (Å²) in [7, 11) is -0.879.